The molecule has 3 aromatic heterocycles. The molecule has 0 amide bonds. The predicted octanol–water partition coefficient (Wildman–Crippen LogP) is 14.9. The van der Waals surface area contributed by atoms with Gasteiger partial charge in [0.1, 0.15) is 0 Å². The van der Waals surface area contributed by atoms with E-state index in [0.29, 0.717) is 17.5 Å². The summed E-state index contributed by atoms with van der Waals surface area (Å²) in [6.07, 6.45) is 15.6. The highest BCUT2D eigenvalue weighted by Gasteiger charge is 2.23. The number of hydrogen-bond donors (Lipinski definition) is 0. The van der Waals surface area contributed by atoms with Crippen molar-refractivity contribution in [1.82, 2.24) is 24.1 Å². The summed E-state index contributed by atoms with van der Waals surface area (Å²) in [5.41, 5.74) is 13.9. The molecule has 302 valence electrons. The highest BCUT2D eigenvalue weighted by molar-refractivity contribution is 6.21. The molecule has 0 aliphatic heterocycles. The van der Waals surface area contributed by atoms with E-state index in [2.05, 4.69) is 191 Å². The molecule has 0 radical (unpaired) electrons. The summed E-state index contributed by atoms with van der Waals surface area (Å²) >= 11 is 0. The quantitative estimate of drug-likeness (QED) is 0.168. The topological polar surface area (TPSA) is 48.5 Å². The lowest BCUT2D eigenvalue weighted by Crippen LogP contribution is -2.01. The van der Waals surface area contributed by atoms with Gasteiger partial charge in [-0.15, -0.1) is 0 Å². The van der Waals surface area contributed by atoms with Gasteiger partial charge < -0.3 is 9.13 Å². The summed E-state index contributed by atoms with van der Waals surface area (Å²) in [5.74, 6) is 1.97. The molecule has 3 heterocycles. The van der Waals surface area contributed by atoms with E-state index in [9.17, 15) is 0 Å². The Hall–Kier alpha value is -8.15. The second kappa shape index (κ2) is 14.7. The largest absolute Gasteiger partial charge is 0.309 e. The molecule has 0 saturated carbocycles. The van der Waals surface area contributed by atoms with Crippen LogP contribution in [0.5, 0.6) is 0 Å². The number of para-hydroxylation sites is 1. The van der Waals surface area contributed by atoms with Gasteiger partial charge in [0.05, 0.1) is 16.6 Å². The molecule has 0 fully saturated rings. The van der Waals surface area contributed by atoms with Crippen LogP contribution in [0, 0.1) is 0 Å². The van der Waals surface area contributed by atoms with Crippen LogP contribution in [-0.4, -0.2) is 24.1 Å². The minimum Gasteiger partial charge on any atom is -0.309 e. The minimum atomic E-state index is 0.651. The zero-order valence-corrected chi connectivity index (χ0v) is 35.1. The molecule has 11 aromatic rings. The molecule has 0 spiro atoms. The zero-order valence-electron chi connectivity index (χ0n) is 35.1. The van der Waals surface area contributed by atoms with Crippen molar-refractivity contribution in [1.29, 1.82) is 0 Å². The Bertz CT molecular complexity index is 3770. The smallest absolute Gasteiger partial charge is 0.164 e. The number of aryl methyl sites for hydroxylation is 1. The Morgan fingerprint density at radius 2 is 1.08 bits per heavy atom. The van der Waals surface area contributed by atoms with Crippen LogP contribution in [0.1, 0.15) is 36.1 Å². The van der Waals surface area contributed by atoms with Gasteiger partial charge in [0.15, 0.2) is 17.5 Å². The zero-order chi connectivity index (χ0) is 42.1. The van der Waals surface area contributed by atoms with Crippen LogP contribution in [0.2, 0.25) is 0 Å². The van der Waals surface area contributed by atoms with Crippen LogP contribution in [0.15, 0.2) is 194 Å². The molecule has 5 nitrogen and oxygen atoms in total. The van der Waals surface area contributed by atoms with E-state index in [0.717, 1.165) is 64.5 Å². The number of nitrogens with zero attached hydrogens (tertiary/aromatic N) is 5. The Balaban J connectivity index is 0.962. The normalized spacial score (nSPS) is 13.7. The fourth-order valence-electron chi connectivity index (χ4n) is 10.2. The molecule has 0 saturated heterocycles. The summed E-state index contributed by atoms with van der Waals surface area (Å²) in [6.45, 7) is 0. The third-order valence-electron chi connectivity index (χ3n) is 13.2. The van der Waals surface area contributed by atoms with Gasteiger partial charge in [0.2, 0.25) is 0 Å². The van der Waals surface area contributed by atoms with E-state index in [4.69, 9.17) is 15.0 Å². The summed E-state index contributed by atoms with van der Waals surface area (Å²) in [6, 6.07) is 61.3. The third-order valence-corrected chi connectivity index (χ3v) is 13.2. The molecule has 2 aliphatic rings. The minimum absolute atomic E-state index is 0.651. The average molecular weight is 820 g/mol. The summed E-state index contributed by atoms with van der Waals surface area (Å²) in [4.78, 5) is 15.3. The van der Waals surface area contributed by atoms with Crippen molar-refractivity contribution in [2.45, 2.75) is 25.7 Å². The Kier molecular flexibility index (Phi) is 8.41. The van der Waals surface area contributed by atoms with Crippen LogP contribution in [0.4, 0.5) is 0 Å². The van der Waals surface area contributed by atoms with Gasteiger partial charge in [-0.2, -0.15) is 0 Å². The van der Waals surface area contributed by atoms with Crippen molar-refractivity contribution in [2.24, 2.45) is 0 Å². The Labute approximate surface area is 370 Å². The van der Waals surface area contributed by atoms with Gasteiger partial charge in [-0.25, -0.2) is 15.0 Å². The number of hydrogen-bond acceptors (Lipinski definition) is 3. The monoisotopic (exact) mass is 819 g/mol. The summed E-state index contributed by atoms with van der Waals surface area (Å²) in [7, 11) is 0. The summed E-state index contributed by atoms with van der Waals surface area (Å²) < 4.78 is 4.95. The van der Waals surface area contributed by atoms with Crippen molar-refractivity contribution in [3.8, 4) is 45.5 Å². The van der Waals surface area contributed by atoms with Crippen LogP contribution >= 0.6 is 0 Å². The van der Waals surface area contributed by atoms with E-state index in [1.807, 2.05) is 18.2 Å². The molecule has 13 rings (SSSR count). The number of aromatic nitrogens is 5. The third kappa shape index (κ3) is 5.96. The van der Waals surface area contributed by atoms with Crippen LogP contribution < -0.4 is 0 Å². The van der Waals surface area contributed by atoms with E-state index < -0.39 is 0 Å². The fourth-order valence-corrected chi connectivity index (χ4v) is 10.2. The van der Waals surface area contributed by atoms with Crippen molar-refractivity contribution >= 4 is 65.9 Å². The first-order chi connectivity index (χ1) is 31.7. The lowest BCUT2D eigenvalue weighted by Gasteiger charge is -2.14. The van der Waals surface area contributed by atoms with Gasteiger partial charge >= 0.3 is 0 Å². The SMILES string of the molecule is C1=CC(c2cccc(-c3nc(-c4ccccc4)nc(-c4ccc5cc(-n6c7c(c8cc9c%10ccc%11ccccc%11c%10n(-c%10ccccc%10)c9cc86)CCC=C7)ccc5c4)n3)c2)=CCC1. The molecule has 0 bridgehead atoms. The lowest BCUT2D eigenvalue weighted by molar-refractivity contribution is 0.968. The highest BCUT2D eigenvalue weighted by Crippen LogP contribution is 2.42. The Morgan fingerprint density at radius 1 is 0.391 bits per heavy atom. The molecule has 0 unspecified atom stereocenters. The maximum atomic E-state index is 5.15. The molecule has 2 aliphatic carbocycles. The highest BCUT2D eigenvalue weighted by atomic mass is 15.0. The molecule has 64 heavy (non-hydrogen) atoms. The number of rotatable bonds is 6. The van der Waals surface area contributed by atoms with Gasteiger partial charge in [-0.1, -0.05) is 146 Å². The van der Waals surface area contributed by atoms with E-state index >= 15 is 0 Å². The number of allylic oxidation sites excluding steroid dienone is 5. The first kappa shape index (κ1) is 36.5. The first-order valence-electron chi connectivity index (χ1n) is 22.3. The molecule has 8 aromatic carbocycles. The van der Waals surface area contributed by atoms with E-state index in [-0.39, 0.29) is 0 Å². The van der Waals surface area contributed by atoms with Gasteiger partial charge in [0, 0.05) is 55.3 Å². The number of benzene rings is 8. The molecule has 0 N–H and O–H groups in total. The second-order valence-electron chi connectivity index (χ2n) is 17.0. The Morgan fingerprint density at radius 3 is 1.92 bits per heavy atom. The lowest BCUT2D eigenvalue weighted by atomic mass is 9.98. The van der Waals surface area contributed by atoms with Crippen LogP contribution in [0.3, 0.4) is 0 Å². The molecular weight excluding hydrogens is 779 g/mol. The van der Waals surface area contributed by atoms with Crippen molar-refractivity contribution in [3.63, 3.8) is 0 Å². The predicted molar refractivity (Wildman–Crippen MR) is 266 cm³/mol. The standard InChI is InChI=1S/C59H41N5/c1-4-15-38(16-5-1)41-20-14-21-44(33-41)58-60-57(40-18-6-2-7-19-40)61-59(62-58)45-28-27-43-35-47(31-29-42(43)34-45)63-53-26-13-12-25-49(53)51-36-52-50-32-30-39-17-10-11-24-48(39)56(50)64(55(52)37-54(51)63)46-22-8-3-9-23-46/h2-4,6-11,13-24,26-37H,1,5,12,25H2. The average Bonchev–Trinajstić information content (AvgIpc) is 3.88. The summed E-state index contributed by atoms with van der Waals surface area (Å²) in [5, 5.41) is 8.66. The van der Waals surface area contributed by atoms with Crippen molar-refractivity contribution in [3.05, 3.63) is 211 Å². The van der Waals surface area contributed by atoms with Crippen LogP contribution in [0.25, 0.3) is 111 Å². The molecular formula is C59H41N5. The van der Waals surface area contributed by atoms with Crippen LogP contribution in [-0.2, 0) is 6.42 Å². The van der Waals surface area contributed by atoms with Gasteiger partial charge in [-0.05, 0) is 113 Å². The van der Waals surface area contributed by atoms with Gasteiger partial charge in [-0.3, -0.25) is 0 Å². The van der Waals surface area contributed by atoms with E-state index in [1.54, 1.807) is 0 Å². The molecule has 0 atom stereocenters. The maximum Gasteiger partial charge on any atom is 0.164 e. The first-order valence-corrected chi connectivity index (χ1v) is 22.3. The van der Waals surface area contributed by atoms with Gasteiger partial charge in [0.25, 0.3) is 0 Å². The second-order valence-corrected chi connectivity index (χ2v) is 17.0. The molecule has 5 heteroatoms. The van der Waals surface area contributed by atoms with E-state index in [1.165, 1.54) is 65.9 Å². The van der Waals surface area contributed by atoms with Crippen molar-refractivity contribution in [2.75, 3.05) is 0 Å². The number of fused-ring (bicyclic) bond motifs is 9. The van der Waals surface area contributed by atoms with Crippen molar-refractivity contribution < 1.29 is 0 Å². The maximum absolute atomic E-state index is 5.15. The fraction of sp³-hybridized carbons (Fsp3) is 0.0678.